The van der Waals surface area contributed by atoms with Gasteiger partial charge < -0.3 is 14.8 Å². The lowest BCUT2D eigenvalue weighted by Gasteiger charge is -2.14. The number of aliphatic hydroxyl groups excluding tert-OH is 1. The number of carbonyl (C=O) groups is 1. The van der Waals surface area contributed by atoms with Gasteiger partial charge in [0.2, 0.25) is 0 Å². The van der Waals surface area contributed by atoms with Crippen LogP contribution in [0.1, 0.15) is 24.2 Å². The van der Waals surface area contributed by atoms with E-state index in [9.17, 15) is 9.90 Å². The molecular weight excluding hydrogens is 230 g/mol. The van der Waals surface area contributed by atoms with E-state index in [1.54, 1.807) is 0 Å². The van der Waals surface area contributed by atoms with E-state index in [0.717, 1.165) is 5.39 Å². The van der Waals surface area contributed by atoms with E-state index < -0.39 is 6.10 Å². The Bertz CT molecular complexity index is 545. The third-order valence-corrected chi connectivity index (χ3v) is 2.97. The van der Waals surface area contributed by atoms with Gasteiger partial charge in [-0.1, -0.05) is 32.0 Å². The number of hydrogen-bond acceptors (Lipinski definition) is 3. The van der Waals surface area contributed by atoms with E-state index in [1.807, 2.05) is 38.1 Å². The summed E-state index contributed by atoms with van der Waals surface area (Å²) in [5.41, 5.74) is 1.19. The molecule has 2 N–H and O–H groups in total. The van der Waals surface area contributed by atoms with Gasteiger partial charge in [0, 0.05) is 11.9 Å². The van der Waals surface area contributed by atoms with Crippen molar-refractivity contribution in [2.45, 2.75) is 20.0 Å². The third kappa shape index (κ3) is 2.54. The summed E-state index contributed by atoms with van der Waals surface area (Å²) in [6.07, 6.45) is 0.911. The maximum Gasteiger partial charge on any atom is 0.255 e. The molecule has 0 aliphatic rings. The van der Waals surface area contributed by atoms with E-state index in [-0.39, 0.29) is 18.4 Å². The van der Waals surface area contributed by atoms with E-state index in [2.05, 4.69) is 5.32 Å². The molecule has 18 heavy (non-hydrogen) atoms. The highest BCUT2D eigenvalue weighted by molar-refractivity contribution is 6.05. The average molecular weight is 247 g/mol. The highest BCUT2D eigenvalue weighted by Crippen LogP contribution is 2.20. The maximum absolute atomic E-state index is 12.0. The van der Waals surface area contributed by atoms with Gasteiger partial charge in [-0.15, -0.1) is 0 Å². The largest absolute Gasteiger partial charge is 0.463 e. The molecule has 1 aromatic heterocycles. The van der Waals surface area contributed by atoms with Crippen molar-refractivity contribution in [1.82, 2.24) is 5.32 Å². The fourth-order valence-electron chi connectivity index (χ4n) is 1.68. The second kappa shape index (κ2) is 5.23. The summed E-state index contributed by atoms with van der Waals surface area (Å²) in [6.45, 7) is 4.06. The number of nitrogens with one attached hydrogen (secondary N) is 1. The quantitative estimate of drug-likeness (QED) is 0.870. The number of benzene rings is 1. The van der Waals surface area contributed by atoms with Crippen LogP contribution < -0.4 is 5.32 Å². The fraction of sp³-hybridized carbons (Fsp3) is 0.357. The molecule has 0 saturated carbocycles. The molecule has 96 valence electrons. The van der Waals surface area contributed by atoms with Crippen molar-refractivity contribution in [3.8, 4) is 0 Å². The first-order valence-electron chi connectivity index (χ1n) is 6.02. The molecule has 2 rings (SSSR count). The minimum Gasteiger partial charge on any atom is -0.463 e. The molecule has 1 amide bonds. The Hall–Kier alpha value is -1.81. The van der Waals surface area contributed by atoms with E-state index in [4.69, 9.17) is 4.42 Å². The van der Waals surface area contributed by atoms with Gasteiger partial charge in [0.1, 0.15) is 11.8 Å². The zero-order chi connectivity index (χ0) is 13.1. The predicted octanol–water partition coefficient (Wildman–Crippen LogP) is 2.18. The van der Waals surface area contributed by atoms with Crippen LogP contribution >= 0.6 is 0 Å². The van der Waals surface area contributed by atoms with Crippen LogP contribution in [0.3, 0.4) is 0 Å². The van der Waals surface area contributed by atoms with Crippen LogP contribution in [-0.2, 0) is 0 Å². The summed E-state index contributed by atoms with van der Waals surface area (Å²) in [6, 6.07) is 7.37. The molecule has 1 aromatic carbocycles. The smallest absolute Gasteiger partial charge is 0.255 e. The Labute approximate surface area is 106 Å². The lowest BCUT2D eigenvalue weighted by atomic mass is 10.1. The molecule has 4 nitrogen and oxygen atoms in total. The van der Waals surface area contributed by atoms with Crippen molar-refractivity contribution in [3.63, 3.8) is 0 Å². The lowest BCUT2D eigenvalue weighted by Crippen LogP contribution is -2.34. The lowest BCUT2D eigenvalue weighted by molar-refractivity contribution is 0.0872. The van der Waals surface area contributed by atoms with Gasteiger partial charge in [0.15, 0.2) is 0 Å². The number of para-hydroxylation sites is 1. The Balaban J connectivity index is 2.10. The zero-order valence-electron chi connectivity index (χ0n) is 10.5. The number of fused-ring (bicyclic) bond motifs is 1. The first-order chi connectivity index (χ1) is 8.59. The highest BCUT2D eigenvalue weighted by atomic mass is 16.3. The summed E-state index contributed by atoms with van der Waals surface area (Å²) in [5, 5.41) is 13.1. The molecule has 0 fully saturated rings. The van der Waals surface area contributed by atoms with Crippen LogP contribution in [0.25, 0.3) is 11.0 Å². The van der Waals surface area contributed by atoms with Crippen molar-refractivity contribution >= 4 is 16.9 Å². The van der Waals surface area contributed by atoms with Crippen molar-refractivity contribution < 1.29 is 14.3 Å². The minimum atomic E-state index is -0.535. The molecule has 2 aromatic rings. The molecule has 1 atom stereocenters. The Kier molecular flexibility index (Phi) is 3.67. The minimum absolute atomic E-state index is 0.117. The number of amides is 1. The Morgan fingerprint density at radius 2 is 2.11 bits per heavy atom. The van der Waals surface area contributed by atoms with Gasteiger partial charge in [-0.3, -0.25) is 4.79 Å². The van der Waals surface area contributed by atoms with Crippen molar-refractivity contribution in [3.05, 3.63) is 36.1 Å². The van der Waals surface area contributed by atoms with Gasteiger partial charge in [-0.25, -0.2) is 0 Å². The summed E-state index contributed by atoms with van der Waals surface area (Å²) in [4.78, 5) is 12.0. The standard InChI is InChI=1S/C14H17NO3/c1-9(2)12(16)7-15-14(17)11-8-18-13-6-4-3-5-10(11)13/h3-6,8-9,12,16H,7H2,1-2H3,(H,15,17). The molecule has 0 aliphatic carbocycles. The Morgan fingerprint density at radius 3 is 2.83 bits per heavy atom. The molecule has 0 spiro atoms. The van der Waals surface area contributed by atoms with Gasteiger partial charge in [-0.05, 0) is 12.0 Å². The van der Waals surface area contributed by atoms with Gasteiger partial charge >= 0.3 is 0 Å². The zero-order valence-corrected chi connectivity index (χ0v) is 10.5. The maximum atomic E-state index is 12.0. The van der Waals surface area contributed by atoms with Crippen molar-refractivity contribution in [2.75, 3.05) is 6.54 Å². The van der Waals surface area contributed by atoms with E-state index >= 15 is 0 Å². The van der Waals surface area contributed by atoms with Crippen LogP contribution in [0.5, 0.6) is 0 Å². The first kappa shape index (κ1) is 12.6. The number of carbonyl (C=O) groups excluding carboxylic acids is 1. The van der Waals surface area contributed by atoms with Crippen molar-refractivity contribution in [2.24, 2.45) is 5.92 Å². The van der Waals surface area contributed by atoms with Crippen molar-refractivity contribution in [1.29, 1.82) is 0 Å². The molecule has 0 saturated heterocycles. The van der Waals surface area contributed by atoms with E-state index in [1.165, 1.54) is 6.26 Å². The Morgan fingerprint density at radius 1 is 1.39 bits per heavy atom. The monoisotopic (exact) mass is 247 g/mol. The molecule has 1 heterocycles. The van der Waals surface area contributed by atoms with Crippen LogP contribution in [0.2, 0.25) is 0 Å². The second-order valence-corrected chi connectivity index (χ2v) is 4.67. The number of rotatable bonds is 4. The number of hydrogen-bond donors (Lipinski definition) is 2. The summed E-state index contributed by atoms with van der Waals surface area (Å²) < 4.78 is 5.30. The molecular formula is C14H17NO3. The van der Waals surface area contributed by atoms with E-state index in [0.29, 0.717) is 11.1 Å². The average Bonchev–Trinajstić information content (AvgIpc) is 2.79. The van der Waals surface area contributed by atoms with Gasteiger partial charge in [-0.2, -0.15) is 0 Å². The topological polar surface area (TPSA) is 62.5 Å². The third-order valence-electron chi connectivity index (χ3n) is 2.97. The highest BCUT2D eigenvalue weighted by Gasteiger charge is 2.15. The molecule has 0 bridgehead atoms. The van der Waals surface area contributed by atoms with Crippen LogP contribution in [0.15, 0.2) is 34.9 Å². The van der Waals surface area contributed by atoms with Crippen LogP contribution in [0, 0.1) is 5.92 Å². The molecule has 1 unspecified atom stereocenters. The van der Waals surface area contributed by atoms with Gasteiger partial charge in [0.25, 0.3) is 5.91 Å². The van der Waals surface area contributed by atoms with Crippen LogP contribution in [0.4, 0.5) is 0 Å². The summed E-state index contributed by atoms with van der Waals surface area (Å²) >= 11 is 0. The molecule has 0 aliphatic heterocycles. The second-order valence-electron chi connectivity index (χ2n) is 4.67. The normalized spacial score (nSPS) is 12.9. The van der Waals surface area contributed by atoms with Gasteiger partial charge in [0.05, 0.1) is 11.7 Å². The SMILES string of the molecule is CC(C)C(O)CNC(=O)c1coc2ccccc12. The summed E-state index contributed by atoms with van der Waals surface area (Å²) in [5.74, 6) is -0.106. The first-order valence-corrected chi connectivity index (χ1v) is 6.02. The number of aliphatic hydroxyl groups is 1. The predicted molar refractivity (Wildman–Crippen MR) is 69.4 cm³/mol. The number of furan rings is 1. The van der Waals surface area contributed by atoms with Crippen LogP contribution in [-0.4, -0.2) is 23.7 Å². The fourth-order valence-corrected chi connectivity index (χ4v) is 1.68. The summed E-state index contributed by atoms with van der Waals surface area (Å²) in [7, 11) is 0. The molecule has 4 heteroatoms. The molecule has 0 radical (unpaired) electrons.